The Morgan fingerprint density at radius 3 is 2.41 bits per heavy atom. The number of anilines is 1. The van der Waals surface area contributed by atoms with Gasteiger partial charge >= 0.3 is 5.97 Å². The Bertz CT molecular complexity index is 408. The molecule has 17 heavy (non-hydrogen) atoms. The minimum absolute atomic E-state index is 0.307. The van der Waals surface area contributed by atoms with Crippen LogP contribution in [-0.2, 0) is 7.05 Å². The van der Waals surface area contributed by atoms with Crippen LogP contribution in [0.2, 0.25) is 0 Å². The zero-order chi connectivity index (χ0) is 13.2. The topological polar surface area (TPSA) is 58.4 Å². The van der Waals surface area contributed by atoms with E-state index in [0.29, 0.717) is 23.1 Å². The smallest absolute Gasteiger partial charge is 0.341 e. The first kappa shape index (κ1) is 13.5. The van der Waals surface area contributed by atoms with Crippen LogP contribution in [0.1, 0.15) is 42.7 Å². The summed E-state index contributed by atoms with van der Waals surface area (Å²) in [6.45, 7) is 5.94. The molecule has 0 spiro atoms. The van der Waals surface area contributed by atoms with E-state index in [-0.39, 0.29) is 0 Å². The SMILES string of the molecule is CCC(CC)N(C)c1c(C(=O)O)c(C)nn1C. The Morgan fingerprint density at radius 1 is 1.47 bits per heavy atom. The highest BCUT2D eigenvalue weighted by Crippen LogP contribution is 2.25. The number of aromatic nitrogens is 2. The normalized spacial score (nSPS) is 10.9. The molecule has 1 aromatic rings. The first-order chi connectivity index (χ1) is 7.93. The number of aryl methyl sites for hydroxylation is 2. The van der Waals surface area contributed by atoms with Crippen LogP contribution in [0.15, 0.2) is 0 Å². The number of carboxylic acid groups (broad SMARTS) is 1. The molecule has 1 aromatic heterocycles. The van der Waals surface area contributed by atoms with Crippen LogP contribution in [0.25, 0.3) is 0 Å². The number of rotatable bonds is 5. The zero-order valence-electron chi connectivity index (χ0n) is 11.2. The molecular formula is C12H21N3O2. The Kier molecular flexibility index (Phi) is 4.15. The molecule has 1 rings (SSSR count). The lowest BCUT2D eigenvalue weighted by Crippen LogP contribution is -2.33. The Balaban J connectivity index is 3.25. The minimum Gasteiger partial charge on any atom is -0.477 e. The van der Waals surface area contributed by atoms with Crippen molar-refractivity contribution in [2.75, 3.05) is 11.9 Å². The molecule has 0 bridgehead atoms. The third-order valence-corrected chi connectivity index (χ3v) is 3.23. The highest BCUT2D eigenvalue weighted by molar-refractivity contribution is 5.94. The molecule has 96 valence electrons. The molecule has 0 aromatic carbocycles. The molecule has 0 fully saturated rings. The van der Waals surface area contributed by atoms with E-state index < -0.39 is 5.97 Å². The summed E-state index contributed by atoms with van der Waals surface area (Å²) in [4.78, 5) is 13.3. The van der Waals surface area contributed by atoms with Gasteiger partial charge in [-0.25, -0.2) is 4.79 Å². The largest absolute Gasteiger partial charge is 0.477 e. The maximum Gasteiger partial charge on any atom is 0.341 e. The molecule has 0 unspecified atom stereocenters. The first-order valence-corrected chi connectivity index (χ1v) is 5.93. The van der Waals surface area contributed by atoms with Crippen LogP contribution in [0.5, 0.6) is 0 Å². The number of hydrogen-bond acceptors (Lipinski definition) is 3. The summed E-state index contributed by atoms with van der Waals surface area (Å²) in [5, 5.41) is 13.5. The molecule has 0 radical (unpaired) electrons. The molecule has 1 heterocycles. The standard InChI is InChI=1S/C12H21N3O2/c1-6-9(7-2)14(4)11-10(12(16)17)8(3)13-15(11)5/h9H,6-7H2,1-5H3,(H,16,17). The molecule has 0 aliphatic rings. The van der Waals surface area contributed by atoms with Crippen LogP contribution in [0.4, 0.5) is 5.82 Å². The van der Waals surface area contributed by atoms with E-state index in [9.17, 15) is 9.90 Å². The second-order valence-electron chi connectivity index (χ2n) is 4.29. The molecule has 0 amide bonds. The van der Waals surface area contributed by atoms with Gasteiger partial charge in [-0.1, -0.05) is 13.8 Å². The molecule has 0 aliphatic carbocycles. The van der Waals surface area contributed by atoms with Crippen molar-refractivity contribution in [1.29, 1.82) is 0 Å². The van der Waals surface area contributed by atoms with Gasteiger partial charge in [-0.15, -0.1) is 0 Å². The summed E-state index contributed by atoms with van der Waals surface area (Å²) in [5.74, 6) is -0.230. The van der Waals surface area contributed by atoms with Gasteiger partial charge in [0.1, 0.15) is 11.4 Å². The van der Waals surface area contributed by atoms with E-state index >= 15 is 0 Å². The van der Waals surface area contributed by atoms with Gasteiger partial charge in [0, 0.05) is 20.1 Å². The maximum absolute atomic E-state index is 11.3. The summed E-state index contributed by atoms with van der Waals surface area (Å²) in [6, 6.07) is 0.336. The highest BCUT2D eigenvalue weighted by atomic mass is 16.4. The summed E-state index contributed by atoms with van der Waals surface area (Å²) in [6.07, 6.45) is 1.96. The highest BCUT2D eigenvalue weighted by Gasteiger charge is 2.25. The molecule has 1 N–H and O–H groups in total. The minimum atomic E-state index is -0.914. The van der Waals surface area contributed by atoms with E-state index in [1.165, 1.54) is 0 Å². The molecule has 5 nitrogen and oxygen atoms in total. The van der Waals surface area contributed by atoms with Gasteiger partial charge in [0.15, 0.2) is 0 Å². The number of hydrogen-bond donors (Lipinski definition) is 1. The lowest BCUT2D eigenvalue weighted by Gasteiger charge is -2.28. The fourth-order valence-electron chi connectivity index (χ4n) is 2.31. The number of nitrogens with zero attached hydrogens (tertiary/aromatic N) is 3. The van der Waals surface area contributed by atoms with Crippen molar-refractivity contribution in [2.24, 2.45) is 7.05 Å². The van der Waals surface area contributed by atoms with E-state index in [1.54, 1.807) is 18.7 Å². The van der Waals surface area contributed by atoms with Gasteiger partial charge in [0.25, 0.3) is 0 Å². The number of carboxylic acids is 1. The van der Waals surface area contributed by atoms with Crippen LogP contribution < -0.4 is 4.90 Å². The van der Waals surface area contributed by atoms with Gasteiger partial charge in [0.2, 0.25) is 0 Å². The van der Waals surface area contributed by atoms with Gasteiger partial charge < -0.3 is 10.0 Å². The Hall–Kier alpha value is -1.52. The predicted molar refractivity (Wildman–Crippen MR) is 67.7 cm³/mol. The van der Waals surface area contributed by atoms with Crippen molar-refractivity contribution in [1.82, 2.24) is 9.78 Å². The summed E-state index contributed by atoms with van der Waals surface area (Å²) < 4.78 is 1.65. The molecule has 0 atom stereocenters. The Labute approximate surface area is 102 Å². The van der Waals surface area contributed by atoms with Gasteiger partial charge in [0.05, 0.1) is 5.69 Å². The summed E-state index contributed by atoms with van der Waals surface area (Å²) in [7, 11) is 3.72. The molecular weight excluding hydrogens is 218 g/mol. The van der Waals surface area contributed by atoms with Crippen LogP contribution >= 0.6 is 0 Å². The van der Waals surface area contributed by atoms with E-state index in [4.69, 9.17) is 0 Å². The zero-order valence-corrected chi connectivity index (χ0v) is 11.2. The quantitative estimate of drug-likeness (QED) is 0.854. The molecule has 0 saturated heterocycles. The van der Waals surface area contributed by atoms with Crippen LogP contribution in [0.3, 0.4) is 0 Å². The molecule has 5 heteroatoms. The lowest BCUT2D eigenvalue weighted by atomic mass is 10.1. The second-order valence-corrected chi connectivity index (χ2v) is 4.29. The van der Waals surface area contributed by atoms with Gasteiger partial charge in [-0.05, 0) is 19.8 Å². The number of aromatic carboxylic acids is 1. The van der Waals surface area contributed by atoms with Crippen LogP contribution in [0, 0.1) is 6.92 Å². The third-order valence-electron chi connectivity index (χ3n) is 3.23. The van der Waals surface area contributed by atoms with Crippen molar-refractivity contribution in [2.45, 2.75) is 39.7 Å². The van der Waals surface area contributed by atoms with E-state index in [2.05, 4.69) is 18.9 Å². The first-order valence-electron chi connectivity index (χ1n) is 5.93. The lowest BCUT2D eigenvalue weighted by molar-refractivity contribution is 0.0696. The van der Waals surface area contributed by atoms with Crippen molar-refractivity contribution in [3.63, 3.8) is 0 Å². The van der Waals surface area contributed by atoms with Gasteiger partial charge in [-0.2, -0.15) is 5.10 Å². The van der Waals surface area contributed by atoms with Crippen molar-refractivity contribution >= 4 is 11.8 Å². The fourth-order valence-corrected chi connectivity index (χ4v) is 2.31. The average molecular weight is 239 g/mol. The molecule has 0 saturated carbocycles. The summed E-state index contributed by atoms with van der Waals surface area (Å²) >= 11 is 0. The van der Waals surface area contributed by atoms with E-state index in [0.717, 1.165) is 12.8 Å². The number of carbonyl (C=O) groups is 1. The monoisotopic (exact) mass is 239 g/mol. The fraction of sp³-hybridized carbons (Fsp3) is 0.667. The van der Waals surface area contributed by atoms with Crippen molar-refractivity contribution in [3.05, 3.63) is 11.3 Å². The maximum atomic E-state index is 11.3. The molecule has 0 aliphatic heterocycles. The average Bonchev–Trinajstić information content (AvgIpc) is 2.55. The van der Waals surface area contributed by atoms with Crippen molar-refractivity contribution in [3.8, 4) is 0 Å². The van der Waals surface area contributed by atoms with Crippen molar-refractivity contribution < 1.29 is 9.90 Å². The van der Waals surface area contributed by atoms with Gasteiger partial charge in [-0.3, -0.25) is 4.68 Å². The summed E-state index contributed by atoms with van der Waals surface area (Å²) in [5.41, 5.74) is 0.870. The second kappa shape index (κ2) is 5.21. The predicted octanol–water partition coefficient (Wildman–Crippen LogP) is 2.05. The third kappa shape index (κ3) is 2.43. The van der Waals surface area contributed by atoms with E-state index in [1.807, 2.05) is 11.9 Å². The Morgan fingerprint density at radius 2 is 2.00 bits per heavy atom. The van der Waals surface area contributed by atoms with Crippen LogP contribution in [-0.4, -0.2) is 33.9 Å².